The number of nitro benzene ring substituents is 1. The molecule has 1 N–H and O–H groups in total. The van der Waals surface area contributed by atoms with Gasteiger partial charge in [-0.25, -0.2) is 4.79 Å². The van der Waals surface area contributed by atoms with Crippen molar-refractivity contribution in [3.05, 3.63) is 63.2 Å². The molecule has 33 heavy (non-hydrogen) atoms. The molecule has 11 heteroatoms. The van der Waals surface area contributed by atoms with Crippen LogP contribution < -0.4 is 14.8 Å². The van der Waals surface area contributed by atoms with E-state index in [1.807, 2.05) is 0 Å². The van der Waals surface area contributed by atoms with Crippen molar-refractivity contribution in [3.63, 3.8) is 0 Å². The van der Waals surface area contributed by atoms with E-state index in [1.165, 1.54) is 18.1 Å². The van der Waals surface area contributed by atoms with Gasteiger partial charge in [0.2, 0.25) is 0 Å². The quantitative estimate of drug-likeness (QED) is 0.324. The van der Waals surface area contributed by atoms with E-state index in [9.17, 15) is 24.5 Å². The van der Waals surface area contributed by atoms with Gasteiger partial charge in [-0.15, -0.1) is 0 Å². The summed E-state index contributed by atoms with van der Waals surface area (Å²) in [4.78, 5) is 48.2. The van der Waals surface area contributed by atoms with Crippen LogP contribution >= 0.6 is 0 Å². The van der Waals surface area contributed by atoms with Crippen LogP contribution in [0, 0.1) is 10.1 Å². The number of benzene rings is 2. The van der Waals surface area contributed by atoms with Crippen molar-refractivity contribution >= 4 is 23.5 Å². The van der Waals surface area contributed by atoms with Gasteiger partial charge in [-0.05, 0) is 30.7 Å². The Morgan fingerprint density at radius 2 is 1.76 bits per heavy atom. The summed E-state index contributed by atoms with van der Waals surface area (Å²) in [7, 11) is 4.68. The molecule has 0 saturated carbocycles. The number of nitro groups is 1. The summed E-state index contributed by atoms with van der Waals surface area (Å²) in [6.45, 7) is 1.61. The van der Waals surface area contributed by atoms with E-state index < -0.39 is 22.5 Å². The summed E-state index contributed by atoms with van der Waals surface area (Å²) in [5.74, 6) is -0.857. The molecule has 0 aliphatic carbocycles. The molecule has 0 radical (unpaired) electrons. The molecule has 0 bridgehead atoms. The van der Waals surface area contributed by atoms with Crippen molar-refractivity contribution in [2.24, 2.45) is 0 Å². The highest BCUT2D eigenvalue weighted by Gasteiger charge is 2.19. The number of non-ortho nitro benzene ring substituents is 1. The zero-order valence-electron chi connectivity index (χ0n) is 18.7. The van der Waals surface area contributed by atoms with Crippen LogP contribution in [0.25, 0.3) is 0 Å². The summed E-state index contributed by atoms with van der Waals surface area (Å²) in [6, 6.07) is 8.29. The van der Waals surface area contributed by atoms with E-state index in [0.717, 1.165) is 12.1 Å². The number of methoxy groups -OCH3 is 1. The second-order valence-electron chi connectivity index (χ2n) is 6.99. The van der Waals surface area contributed by atoms with Crippen LogP contribution in [-0.2, 0) is 16.1 Å². The Morgan fingerprint density at radius 1 is 1.06 bits per heavy atom. The van der Waals surface area contributed by atoms with Crippen LogP contribution in [0.4, 0.5) is 5.69 Å². The highest BCUT2D eigenvalue weighted by molar-refractivity contribution is 5.99. The maximum Gasteiger partial charge on any atom is 0.338 e. The monoisotopic (exact) mass is 459 g/mol. The molecule has 0 spiro atoms. The maximum atomic E-state index is 12.6. The number of nitrogens with one attached hydrogen (secondary N) is 1. The summed E-state index contributed by atoms with van der Waals surface area (Å²) < 4.78 is 15.6. The van der Waals surface area contributed by atoms with Crippen LogP contribution in [0.1, 0.15) is 33.2 Å². The molecular formula is C22H25N3O8. The molecule has 2 aromatic rings. The number of likely N-dealkylation sites (N-methyl/N-ethyl adjacent to an activating group) is 1. The standard InChI is InChI=1S/C22H25N3O8/c1-5-32-22(28)16-9-15(10-17(11-16)25(29)30)21(27)23-12-14-6-7-18(19(8-14)31-4)33-13-20(26)24(2)3/h6-11H,5,12-13H2,1-4H3,(H,23,27). The Hall–Kier alpha value is -4.15. The Labute approximate surface area is 190 Å². The second kappa shape index (κ2) is 11.5. The first-order valence-corrected chi connectivity index (χ1v) is 9.90. The Morgan fingerprint density at radius 3 is 2.36 bits per heavy atom. The lowest BCUT2D eigenvalue weighted by Gasteiger charge is -2.14. The van der Waals surface area contributed by atoms with Gasteiger partial charge in [-0.2, -0.15) is 0 Å². The van der Waals surface area contributed by atoms with Crippen LogP contribution in [0.2, 0.25) is 0 Å². The van der Waals surface area contributed by atoms with Crippen molar-refractivity contribution in [2.75, 3.05) is 34.4 Å². The summed E-state index contributed by atoms with van der Waals surface area (Å²) >= 11 is 0. The first-order chi connectivity index (χ1) is 15.7. The van der Waals surface area contributed by atoms with E-state index >= 15 is 0 Å². The number of nitrogens with zero attached hydrogens (tertiary/aromatic N) is 2. The normalized spacial score (nSPS) is 10.2. The average molecular weight is 459 g/mol. The number of hydrogen-bond acceptors (Lipinski definition) is 8. The summed E-state index contributed by atoms with van der Waals surface area (Å²) in [5, 5.41) is 13.8. The number of amides is 2. The third-order valence-electron chi connectivity index (χ3n) is 4.43. The molecule has 0 atom stereocenters. The molecule has 0 fully saturated rings. The molecular weight excluding hydrogens is 434 g/mol. The maximum absolute atomic E-state index is 12.6. The Bertz CT molecular complexity index is 1050. The number of esters is 1. The first kappa shape index (κ1) is 25.1. The lowest BCUT2D eigenvalue weighted by molar-refractivity contribution is -0.384. The summed E-state index contributed by atoms with van der Waals surface area (Å²) in [5.41, 5.74) is 0.108. The molecule has 2 aromatic carbocycles. The van der Waals surface area contributed by atoms with Gasteiger partial charge in [0.1, 0.15) is 0 Å². The predicted octanol–water partition coefficient (Wildman–Crippen LogP) is 2.18. The number of rotatable bonds is 10. The molecule has 2 amide bonds. The van der Waals surface area contributed by atoms with Crippen molar-refractivity contribution in [2.45, 2.75) is 13.5 Å². The molecule has 0 aromatic heterocycles. The minimum Gasteiger partial charge on any atom is -0.493 e. The minimum absolute atomic E-state index is 0.0543. The third-order valence-corrected chi connectivity index (χ3v) is 4.43. The molecule has 0 unspecified atom stereocenters. The van der Waals surface area contributed by atoms with Gasteiger partial charge < -0.3 is 24.4 Å². The van der Waals surface area contributed by atoms with E-state index in [0.29, 0.717) is 17.1 Å². The number of hydrogen-bond donors (Lipinski definition) is 1. The van der Waals surface area contributed by atoms with E-state index in [4.69, 9.17) is 14.2 Å². The van der Waals surface area contributed by atoms with Gasteiger partial charge in [-0.3, -0.25) is 19.7 Å². The fourth-order valence-electron chi connectivity index (χ4n) is 2.67. The largest absolute Gasteiger partial charge is 0.493 e. The average Bonchev–Trinajstić information content (AvgIpc) is 2.80. The topological polar surface area (TPSA) is 137 Å². The fourth-order valence-corrected chi connectivity index (χ4v) is 2.67. The van der Waals surface area contributed by atoms with Gasteiger partial charge in [0, 0.05) is 38.3 Å². The molecule has 0 saturated heterocycles. The van der Waals surface area contributed by atoms with Crippen LogP contribution in [-0.4, -0.2) is 62.0 Å². The zero-order valence-corrected chi connectivity index (χ0v) is 18.7. The van der Waals surface area contributed by atoms with Crippen LogP contribution in [0.5, 0.6) is 11.5 Å². The third kappa shape index (κ3) is 6.92. The van der Waals surface area contributed by atoms with Gasteiger partial charge in [0.05, 0.1) is 24.2 Å². The van der Waals surface area contributed by atoms with Gasteiger partial charge in [0.25, 0.3) is 17.5 Å². The van der Waals surface area contributed by atoms with Crippen molar-refractivity contribution in [1.29, 1.82) is 0 Å². The van der Waals surface area contributed by atoms with E-state index in [1.54, 1.807) is 39.2 Å². The second-order valence-corrected chi connectivity index (χ2v) is 6.99. The minimum atomic E-state index is -0.761. The number of carbonyl (C=O) groups excluding carboxylic acids is 3. The molecule has 2 rings (SSSR count). The molecule has 0 aliphatic rings. The van der Waals surface area contributed by atoms with Gasteiger partial charge >= 0.3 is 5.97 Å². The van der Waals surface area contributed by atoms with Crippen LogP contribution in [0.15, 0.2) is 36.4 Å². The molecule has 0 aliphatic heterocycles. The first-order valence-electron chi connectivity index (χ1n) is 9.90. The van der Waals surface area contributed by atoms with E-state index in [-0.39, 0.29) is 36.8 Å². The molecule has 176 valence electrons. The fraction of sp³-hybridized carbons (Fsp3) is 0.318. The Balaban J connectivity index is 2.14. The predicted molar refractivity (Wildman–Crippen MR) is 117 cm³/mol. The Kier molecular flexibility index (Phi) is 8.72. The van der Waals surface area contributed by atoms with Crippen molar-refractivity contribution in [3.8, 4) is 11.5 Å². The molecule has 11 nitrogen and oxygen atoms in total. The highest BCUT2D eigenvalue weighted by Crippen LogP contribution is 2.28. The lowest BCUT2D eigenvalue weighted by atomic mass is 10.1. The number of carbonyl (C=O) groups is 3. The zero-order chi connectivity index (χ0) is 24.5. The van der Waals surface area contributed by atoms with E-state index in [2.05, 4.69) is 5.32 Å². The lowest BCUT2D eigenvalue weighted by Crippen LogP contribution is -2.27. The van der Waals surface area contributed by atoms with Crippen molar-refractivity contribution in [1.82, 2.24) is 10.2 Å². The van der Waals surface area contributed by atoms with Crippen molar-refractivity contribution < 1.29 is 33.5 Å². The summed E-state index contributed by atoms with van der Waals surface area (Å²) in [6.07, 6.45) is 0. The van der Waals surface area contributed by atoms with Gasteiger partial charge in [0.15, 0.2) is 18.1 Å². The SMILES string of the molecule is CCOC(=O)c1cc(C(=O)NCc2ccc(OCC(=O)N(C)C)c(OC)c2)cc([N+](=O)[O-])c1. The molecule has 0 heterocycles. The highest BCUT2D eigenvalue weighted by atomic mass is 16.6. The van der Waals surface area contributed by atoms with Gasteiger partial charge in [-0.1, -0.05) is 6.07 Å². The smallest absolute Gasteiger partial charge is 0.338 e. The number of ether oxygens (including phenoxy) is 3. The van der Waals surface area contributed by atoms with Crippen LogP contribution in [0.3, 0.4) is 0 Å².